The normalized spacial score (nSPS) is 11.5. The molecule has 0 radical (unpaired) electrons. The molecule has 32 heavy (non-hydrogen) atoms. The number of imidazole rings is 1. The molecule has 0 aliphatic rings. The predicted molar refractivity (Wildman–Crippen MR) is 130 cm³/mol. The minimum absolute atomic E-state index is 0.246. The molecule has 4 rings (SSSR count). The van der Waals surface area contributed by atoms with Gasteiger partial charge in [0.25, 0.3) is 5.56 Å². The molecule has 0 unspecified atom stereocenters. The second-order valence-corrected chi connectivity index (χ2v) is 8.03. The maximum Gasteiger partial charge on any atom is 0.312 e. The van der Waals surface area contributed by atoms with Gasteiger partial charge < -0.3 is 25.9 Å². The lowest BCUT2D eigenvalue weighted by Gasteiger charge is -2.11. The summed E-state index contributed by atoms with van der Waals surface area (Å²) in [5, 5.41) is 7.90. The number of urea groups is 1. The molecular formula is C22H20Cl2N6O2. The number of hydrogen-bond donors (Lipinski definition) is 4. The summed E-state index contributed by atoms with van der Waals surface area (Å²) in [6.45, 7) is 2.18. The van der Waals surface area contributed by atoms with Crippen LogP contribution in [-0.2, 0) is 7.05 Å². The van der Waals surface area contributed by atoms with Crippen LogP contribution in [0.2, 0.25) is 10.0 Å². The fourth-order valence-electron chi connectivity index (χ4n) is 3.61. The van der Waals surface area contributed by atoms with E-state index in [0.717, 1.165) is 10.9 Å². The van der Waals surface area contributed by atoms with Crippen LogP contribution in [0.25, 0.3) is 27.9 Å². The zero-order valence-corrected chi connectivity index (χ0v) is 18.8. The van der Waals surface area contributed by atoms with Crippen molar-refractivity contribution in [3.63, 3.8) is 0 Å². The number of para-hydroxylation sites is 1. The number of nitrogens with zero attached hydrogens (tertiary/aromatic N) is 2. The number of primary amides is 1. The Kier molecular flexibility index (Phi) is 5.82. The molecule has 0 saturated carbocycles. The van der Waals surface area contributed by atoms with Crippen LogP contribution in [0.5, 0.6) is 0 Å². The first-order chi connectivity index (χ1) is 15.3. The quantitative estimate of drug-likeness (QED) is 0.344. The average molecular weight is 471 g/mol. The molecule has 0 aliphatic carbocycles. The number of nitrogens with one attached hydrogen (secondary N) is 3. The van der Waals surface area contributed by atoms with Gasteiger partial charge in [-0.05, 0) is 42.1 Å². The monoisotopic (exact) mass is 470 g/mol. The molecule has 5 N–H and O–H groups in total. The molecule has 0 saturated heterocycles. The van der Waals surface area contributed by atoms with E-state index in [0.29, 0.717) is 43.8 Å². The van der Waals surface area contributed by atoms with Gasteiger partial charge in [0.2, 0.25) is 5.95 Å². The highest BCUT2D eigenvalue weighted by Gasteiger charge is 2.17. The third kappa shape index (κ3) is 3.90. The van der Waals surface area contributed by atoms with E-state index in [9.17, 15) is 9.59 Å². The summed E-state index contributed by atoms with van der Waals surface area (Å²) in [4.78, 5) is 31.4. The number of carbonyl (C=O) groups is 1. The third-order valence-electron chi connectivity index (χ3n) is 5.20. The van der Waals surface area contributed by atoms with E-state index in [1.54, 1.807) is 34.9 Å². The Hall–Kier alpha value is -3.49. The van der Waals surface area contributed by atoms with Gasteiger partial charge in [-0.1, -0.05) is 41.4 Å². The predicted octanol–water partition coefficient (Wildman–Crippen LogP) is 4.46. The largest absolute Gasteiger partial charge is 0.352 e. The molecule has 2 aromatic heterocycles. The van der Waals surface area contributed by atoms with Crippen molar-refractivity contribution >= 4 is 68.8 Å². The molecule has 10 heteroatoms. The summed E-state index contributed by atoms with van der Waals surface area (Å²) in [5.74, 6) is 0.501. The maximum absolute atomic E-state index is 13.1. The Balaban J connectivity index is 1.82. The molecule has 8 nitrogen and oxygen atoms in total. The van der Waals surface area contributed by atoms with E-state index in [2.05, 4.69) is 20.6 Å². The fraction of sp³-hybridized carbons (Fsp3) is 0.136. The molecule has 0 atom stereocenters. The molecule has 0 aliphatic heterocycles. The van der Waals surface area contributed by atoms with E-state index in [-0.39, 0.29) is 12.1 Å². The van der Waals surface area contributed by atoms with Gasteiger partial charge in [-0.25, -0.2) is 9.78 Å². The highest BCUT2D eigenvalue weighted by molar-refractivity contribution is 6.39. The first-order valence-corrected chi connectivity index (χ1v) is 10.5. The van der Waals surface area contributed by atoms with Crippen molar-refractivity contribution in [1.82, 2.24) is 19.9 Å². The lowest BCUT2D eigenvalue weighted by molar-refractivity contribution is 0.250. The fourth-order valence-corrected chi connectivity index (χ4v) is 4.11. The van der Waals surface area contributed by atoms with E-state index in [1.807, 2.05) is 26.1 Å². The Labute approximate surface area is 193 Å². The number of amides is 2. The second-order valence-electron chi connectivity index (χ2n) is 7.21. The number of halogens is 2. The highest BCUT2D eigenvalue weighted by atomic mass is 35.5. The number of pyridine rings is 1. The van der Waals surface area contributed by atoms with Gasteiger partial charge in [0, 0.05) is 19.3 Å². The summed E-state index contributed by atoms with van der Waals surface area (Å²) in [6.07, 6.45) is 3.46. The molecule has 2 aromatic carbocycles. The number of aromatic amines is 1. The van der Waals surface area contributed by atoms with Gasteiger partial charge in [0.15, 0.2) is 0 Å². The van der Waals surface area contributed by atoms with Crippen LogP contribution >= 0.6 is 23.2 Å². The number of anilines is 2. The summed E-state index contributed by atoms with van der Waals surface area (Å²) < 4.78 is 1.80. The molecule has 4 aromatic rings. The van der Waals surface area contributed by atoms with Crippen molar-refractivity contribution in [3.05, 3.63) is 68.1 Å². The Morgan fingerprint density at radius 3 is 2.66 bits per heavy atom. The van der Waals surface area contributed by atoms with Crippen LogP contribution in [0, 0.1) is 6.92 Å². The molecule has 0 spiro atoms. The van der Waals surface area contributed by atoms with Crippen LogP contribution in [0.3, 0.4) is 0 Å². The summed E-state index contributed by atoms with van der Waals surface area (Å²) in [7, 11) is 1.82. The Morgan fingerprint density at radius 2 is 1.97 bits per heavy atom. The van der Waals surface area contributed by atoms with E-state index >= 15 is 0 Å². The molecule has 0 fully saturated rings. The molecule has 0 bridgehead atoms. The van der Waals surface area contributed by atoms with Crippen LogP contribution in [0.1, 0.15) is 11.3 Å². The third-order valence-corrected chi connectivity index (χ3v) is 5.83. The van der Waals surface area contributed by atoms with Crippen LogP contribution < -0.4 is 21.9 Å². The van der Waals surface area contributed by atoms with Crippen LogP contribution in [0.15, 0.2) is 41.2 Å². The van der Waals surface area contributed by atoms with Gasteiger partial charge in [0.05, 0.1) is 32.2 Å². The molecule has 2 heterocycles. The molecular weight excluding hydrogens is 451 g/mol. The smallest absolute Gasteiger partial charge is 0.312 e. The van der Waals surface area contributed by atoms with Crippen molar-refractivity contribution in [2.45, 2.75) is 6.92 Å². The van der Waals surface area contributed by atoms with Crippen molar-refractivity contribution in [3.8, 4) is 0 Å². The van der Waals surface area contributed by atoms with Crippen molar-refractivity contribution in [1.29, 1.82) is 0 Å². The van der Waals surface area contributed by atoms with Gasteiger partial charge in [0.1, 0.15) is 0 Å². The maximum atomic E-state index is 13.1. The summed E-state index contributed by atoms with van der Waals surface area (Å²) >= 11 is 12.6. The standard InChI is InChI=1S/C22H20Cl2N6O2/c1-11-12-8-9-16-19(17(12)20(31)27-15(11)7-4-10-26-21(25)32)30(2)22(28-16)29-18-13(23)5-3-6-14(18)24/h3-9H,10H2,1-2H3,(H,27,31)(H,28,29)(H3,25,26,32)/b7-4+. The zero-order chi connectivity index (χ0) is 23.0. The first-order valence-electron chi connectivity index (χ1n) is 9.71. The van der Waals surface area contributed by atoms with Gasteiger partial charge in [-0.2, -0.15) is 0 Å². The van der Waals surface area contributed by atoms with Gasteiger partial charge in [-0.15, -0.1) is 0 Å². The number of nitrogens with two attached hydrogens (primary N) is 1. The van der Waals surface area contributed by atoms with E-state index in [4.69, 9.17) is 28.9 Å². The van der Waals surface area contributed by atoms with Crippen molar-refractivity contribution < 1.29 is 4.79 Å². The Bertz CT molecular complexity index is 1430. The number of benzene rings is 2. The van der Waals surface area contributed by atoms with Crippen LogP contribution in [-0.4, -0.2) is 27.1 Å². The number of fused-ring (bicyclic) bond motifs is 3. The van der Waals surface area contributed by atoms with Gasteiger partial charge in [-0.3, -0.25) is 4.79 Å². The number of H-pyrrole nitrogens is 1. The average Bonchev–Trinajstić information content (AvgIpc) is 3.06. The highest BCUT2D eigenvalue weighted by Crippen LogP contribution is 2.34. The minimum Gasteiger partial charge on any atom is -0.352 e. The molecule has 2 amide bonds. The second kappa shape index (κ2) is 8.57. The van der Waals surface area contributed by atoms with E-state index < -0.39 is 6.03 Å². The van der Waals surface area contributed by atoms with Crippen molar-refractivity contribution in [2.24, 2.45) is 12.8 Å². The number of rotatable bonds is 5. The Morgan fingerprint density at radius 1 is 1.25 bits per heavy atom. The summed E-state index contributed by atoms with van der Waals surface area (Å²) in [5.41, 5.74) is 8.24. The first kappa shape index (κ1) is 21.7. The van der Waals surface area contributed by atoms with E-state index in [1.165, 1.54) is 0 Å². The topological polar surface area (TPSA) is 118 Å². The number of carbonyl (C=O) groups excluding carboxylic acids is 1. The lowest BCUT2D eigenvalue weighted by atomic mass is 10.0. The molecule has 164 valence electrons. The summed E-state index contributed by atoms with van der Waals surface area (Å²) in [6, 6.07) is 8.36. The van der Waals surface area contributed by atoms with Gasteiger partial charge >= 0.3 is 6.03 Å². The number of aromatic nitrogens is 3. The zero-order valence-electron chi connectivity index (χ0n) is 17.3. The SMILES string of the molecule is Cc1c(/C=C/CNC(N)=O)[nH]c(=O)c2c1ccc1nc(Nc3c(Cl)cccc3Cl)n(C)c12. The van der Waals surface area contributed by atoms with Crippen molar-refractivity contribution in [2.75, 3.05) is 11.9 Å². The van der Waals surface area contributed by atoms with Crippen LogP contribution in [0.4, 0.5) is 16.4 Å². The number of hydrogen-bond acceptors (Lipinski definition) is 4. The lowest BCUT2D eigenvalue weighted by Crippen LogP contribution is -2.29. The number of aryl methyl sites for hydroxylation is 2. The minimum atomic E-state index is -0.612.